The number of rotatable bonds is 9. The number of benzene rings is 2. The Hall–Kier alpha value is -5.31. The molecule has 0 aliphatic carbocycles. The summed E-state index contributed by atoms with van der Waals surface area (Å²) in [7, 11) is 3.98. The number of hydrogen-bond donors (Lipinski definition) is 0. The van der Waals surface area contributed by atoms with E-state index in [-0.39, 0.29) is 0 Å². The van der Waals surface area contributed by atoms with Gasteiger partial charge in [-0.1, -0.05) is 70.2 Å². The van der Waals surface area contributed by atoms with E-state index >= 15 is 17.3 Å². The molecule has 0 unspecified atom stereocenters. The minimum Gasteiger partial charge on any atom is -0.393 e. The number of fused-ring (bicyclic) bond motifs is 4. The molecule has 0 radical (unpaired) electrons. The molecule has 4 aliphatic heterocycles. The fourth-order valence-corrected chi connectivity index (χ4v) is 11.3. The molecule has 2 aromatic heterocycles. The van der Waals surface area contributed by atoms with E-state index in [1.54, 1.807) is 0 Å². The van der Waals surface area contributed by atoms with Crippen LogP contribution in [-0.2, 0) is 12.8 Å². The first kappa shape index (κ1) is 41.4. The van der Waals surface area contributed by atoms with E-state index < -0.39 is 13.9 Å². The Balaban J connectivity index is 1.38. The summed E-state index contributed by atoms with van der Waals surface area (Å²) >= 11 is 0. The highest BCUT2D eigenvalue weighted by Gasteiger charge is 2.58. The van der Waals surface area contributed by atoms with Gasteiger partial charge in [-0.25, -0.2) is 0 Å². The molecular formula is C49H57B2F4N5. The maximum absolute atomic E-state index is 17.6. The van der Waals surface area contributed by atoms with Crippen LogP contribution in [0.5, 0.6) is 0 Å². The molecule has 6 heterocycles. The molecule has 5 nitrogen and oxygen atoms in total. The first-order valence-corrected chi connectivity index (χ1v) is 21.6. The van der Waals surface area contributed by atoms with Crippen LogP contribution in [0.1, 0.15) is 130 Å². The lowest BCUT2D eigenvalue weighted by Gasteiger charge is -2.34. The second kappa shape index (κ2) is 14.4. The number of anilines is 1. The molecule has 60 heavy (non-hydrogen) atoms. The highest BCUT2D eigenvalue weighted by atomic mass is 19.3. The molecule has 0 saturated heterocycles. The van der Waals surface area contributed by atoms with Gasteiger partial charge in [-0.3, -0.25) is 0 Å². The van der Waals surface area contributed by atoms with Crippen LogP contribution in [0, 0.1) is 20.8 Å². The molecule has 312 valence electrons. The molecule has 2 aromatic carbocycles. The second-order valence-corrected chi connectivity index (χ2v) is 17.2. The molecule has 0 bridgehead atoms. The average Bonchev–Trinajstić information content (AvgIpc) is 3.84. The Morgan fingerprint density at radius 1 is 0.567 bits per heavy atom. The predicted molar refractivity (Wildman–Crippen MR) is 245 cm³/mol. The summed E-state index contributed by atoms with van der Waals surface area (Å²) in [5.74, 6) is 0. The number of hydrogen-bond acceptors (Lipinski definition) is 1. The number of halogens is 4. The third-order valence-electron chi connectivity index (χ3n) is 14.1. The molecule has 11 heteroatoms. The van der Waals surface area contributed by atoms with Crippen molar-refractivity contribution in [1.82, 2.24) is 8.96 Å². The van der Waals surface area contributed by atoms with Crippen molar-refractivity contribution in [2.24, 2.45) is 0 Å². The standard InChI is InChI=1S/C49H57B2F4N5/c1-14-39-28(5)46-44(47-29(6)40(15-2)33(10)58(47)50(52,53)57(46)32(39)9)36-21-23-37(24-22-36)45-48-30(7)41(16-3)34(11)59(48)51(54,55)60-43(42(17-4)31(8)49(45)60)27-20-35-18-25-38(26-19-35)56(12)13/h18-27H,14-17H2,1-13H3/b27-20+. The van der Waals surface area contributed by atoms with Gasteiger partial charge in [0.05, 0.1) is 11.1 Å². The second-order valence-electron chi connectivity index (χ2n) is 17.2. The van der Waals surface area contributed by atoms with E-state index in [0.717, 1.165) is 78.1 Å². The van der Waals surface area contributed by atoms with Gasteiger partial charge in [0.1, 0.15) is 11.4 Å². The van der Waals surface area contributed by atoms with Crippen LogP contribution in [0.15, 0.2) is 82.2 Å². The van der Waals surface area contributed by atoms with E-state index in [1.807, 2.05) is 156 Å². The summed E-state index contributed by atoms with van der Waals surface area (Å²) < 4.78 is 74.6. The van der Waals surface area contributed by atoms with Gasteiger partial charge in [0.25, 0.3) is 0 Å². The fraction of sp³-hybridized carbons (Fsp3) is 0.347. The van der Waals surface area contributed by atoms with E-state index in [9.17, 15) is 0 Å². The number of aromatic nitrogens is 2. The van der Waals surface area contributed by atoms with E-state index in [1.165, 1.54) is 17.9 Å². The van der Waals surface area contributed by atoms with Gasteiger partial charge < -0.3 is 40.1 Å². The van der Waals surface area contributed by atoms with Gasteiger partial charge in [0.2, 0.25) is 0 Å². The molecule has 0 amide bonds. The van der Waals surface area contributed by atoms with Crippen LogP contribution < -0.4 is 4.90 Å². The van der Waals surface area contributed by atoms with Crippen molar-refractivity contribution in [3.63, 3.8) is 0 Å². The maximum atomic E-state index is 17.6. The molecule has 0 fully saturated rings. The summed E-state index contributed by atoms with van der Waals surface area (Å²) in [5.41, 5.74) is 16.7. The quantitative estimate of drug-likeness (QED) is 0.122. The average molecular weight is 814 g/mol. The van der Waals surface area contributed by atoms with Gasteiger partial charge in [0, 0.05) is 73.0 Å². The Bertz CT molecular complexity index is 2760. The van der Waals surface area contributed by atoms with E-state index in [2.05, 4.69) is 0 Å². The first-order valence-electron chi connectivity index (χ1n) is 21.6. The van der Waals surface area contributed by atoms with Crippen LogP contribution in [0.3, 0.4) is 0 Å². The first-order chi connectivity index (χ1) is 28.4. The van der Waals surface area contributed by atoms with Crippen molar-refractivity contribution in [2.75, 3.05) is 19.0 Å². The molecule has 0 N–H and O–H groups in total. The topological polar surface area (TPSA) is 19.1 Å². The maximum Gasteiger partial charge on any atom is 0.737 e. The van der Waals surface area contributed by atoms with Crippen LogP contribution in [0.4, 0.5) is 23.0 Å². The smallest absolute Gasteiger partial charge is 0.393 e. The van der Waals surface area contributed by atoms with E-state index in [4.69, 9.17) is 0 Å². The third kappa shape index (κ3) is 5.52. The third-order valence-corrected chi connectivity index (χ3v) is 14.1. The summed E-state index contributed by atoms with van der Waals surface area (Å²) in [6.07, 6.45) is 6.28. The Kier molecular flexibility index (Phi) is 9.95. The van der Waals surface area contributed by atoms with Crippen LogP contribution >= 0.6 is 0 Å². The molecule has 0 saturated carbocycles. The summed E-state index contributed by atoms with van der Waals surface area (Å²) in [5, 5.41) is 0. The van der Waals surface area contributed by atoms with Gasteiger partial charge in [-0.05, 0) is 123 Å². The van der Waals surface area contributed by atoms with Crippen molar-refractivity contribution < 1.29 is 26.2 Å². The Morgan fingerprint density at radius 2 is 1.00 bits per heavy atom. The summed E-state index contributed by atoms with van der Waals surface area (Å²) in [4.78, 5) is 2.03. The largest absolute Gasteiger partial charge is 0.737 e. The SMILES string of the molecule is CCC1=C(C)C2=C(c3ccc(C4=C5C(C)=C(CC)C(C)=[N+]5[B-](F)(F)n5c(/C=C/c6ccc(N(C)C)cc6)c(CC)c(C)c54)cc3)c3c(C)c(CC)c(C)n3[B-](F)(F)[N+]2=C1C. The van der Waals surface area contributed by atoms with E-state index in [0.29, 0.717) is 71.3 Å². The van der Waals surface area contributed by atoms with Crippen molar-refractivity contribution in [3.8, 4) is 0 Å². The van der Waals surface area contributed by atoms with Gasteiger partial charge in [0.15, 0.2) is 11.4 Å². The van der Waals surface area contributed by atoms with Gasteiger partial charge in [-0.15, -0.1) is 0 Å². The van der Waals surface area contributed by atoms with Gasteiger partial charge in [-0.2, -0.15) is 0 Å². The van der Waals surface area contributed by atoms with Crippen LogP contribution in [0.25, 0.3) is 23.3 Å². The van der Waals surface area contributed by atoms with Crippen molar-refractivity contribution >= 4 is 54.3 Å². The minimum absolute atomic E-state index is 0.507. The minimum atomic E-state index is -4.30. The van der Waals surface area contributed by atoms with Gasteiger partial charge >= 0.3 is 13.9 Å². The fourth-order valence-electron chi connectivity index (χ4n) is 11.3. The van der Waals surface area contributed by atoms with Crippen molar-refractivity contribution in [2.45, 2.75) is 102 Å². The molecule has 4 aliphatic rings. The summed E-state index contributed by atoms with van der Waals surface area (Å²) in [6, 6.07) is 16.1. The Labute approximate surface area is 353 Å². The monoisotopic (exact) mass is 813 g/mol. The lowest BCUT2D eigenvalue weighted by atomic mass is 9.82. The highest BCUT2D eigenvalue weighted by molar-refractivity contribution is 6.59. The number of nitrogens with zero attached hydrogens (tertiary/aromatic N) is 5. The van der Waals surface area contributed by atoms with Crippen LogP contribution in [0.2, 0.25) is 0 Å². The molecule has 0 atom stereocenters. The molecule has 0 spiro atoms. The van der Waals surface area contributed by atoms with Crippen molar-refractivity contribution in [1.29, 1.82) is 0 Å². The normalized spacial score (nSPS) is 18.1. The zero-order valence-electron chi connectivity index (χ0n) is 37.5. The number of allylic oxidation sites excluding steroid dienone is 4. The lowest BCUT2D eigenvalue weighted by Crippen LogP contribution is -2.51. The summed E-state index contributed by atoms with van der Waals surface area (Å²) in [6.45, 7) is 13.0. The molecule has 8 rings (SSSR count). The zero-order chi connectivity index (χ0) is 43.5. The molecular weight excluding hydrogens is 756 g/mol. The zero-order valence-corrected chi connectivity index (χ0v) is 37.5. The van der Waals surface area contributed by atoms with Crippen LogP contribution in [-0.4, -0.2) is 57.4 Å². The lowest BCUT2D eigenvalue weighted by molar-refractivity contribution is -0.364. The molecule has 4 aromatic rings. The Morgan fingerprint density at radius 3 is 1.43 bits per heavy atom. The van der Waals surface area contributed by atoms with Crippen molar-refractivity contribution in [3.05, 3.63) is 144 Å². The highest BCUT2D eigenvalue weighted by Crippen LogP contribution is 2.50. The predicted octanol–water partition coefficient (Wildman–Crippen LogP) is 12.0.